The van der Waals surface area contributed by atoms with Gasteiger partial charge in [0.1, 0.15) is 0 Å². The summed E-state index contributed by atoms with van der Waals surface area (Å²) in [5.41, 5.74) is 1.51. The molecule has 0 aliphatic carbocycles. The second-order valence-corrected chi connectivity index (χ2v) is 4.18. The predicted molar refractivity (Wildman–Crippen MR) is 78.7 cm³/mol. The lowest BCUT2D eigenvalue weighted by molar-refractivity contribution is 0.102. The molecule has 1 amide bonds. The van der Waals surface area contributed by atoms with Gasteiger partial charge in [-0.15, -0.1) is 0 Å². The summed E-state index contributed by atoms with van der Waals surface area (Å²) >= 11 is 0. The zero-order chi connectivity index (χ0) is 15.2. The van der Waals surface area contributed by atoms with Crippen LogP contribution in [0.2, 0.25) is 0 Å². The Labute approximate surface area is 122 Å². The van der Waals surface area contributed by atoms with Crippen LogP contribution >= 0.6 is 0 Å². The molecule has 2 aromatic carbocycles. The van der Waals surface area contributed by atoms with E-state index < -0.39 is 0 Å². The molecule has 0 saturated heterocycles. The lowest BCUT2D eigenvalue weighted by Crippen LogP contribution is -2.13. The van der Waals surface area contributed by atoms with Gasteiger partial charge in [0, 0.05) is 5.69 Å². The first kappa shape index (κ1) is 14.4. The highest BCUT2D eigenvalue weighted by atomic mass is 16.5. The maximum absolute atomic E-state index is 12.3. The minimum absolute atomic E-state index is 0.310. The zero-order valence-electron chi connectivity index (χ0n) is 11.7. The second kappa shape index (κ2) is 6.44. The van der Waals surface area contributed by atoms with Crippen LogP contribution in [0.25, 0.3) is 0 Å². The average molecular weight is 282 g/mol. The number of benzene rings is 2. The Kier molecular flexibility index (Phi) is 4.42. The number of methoxy groups -OCH3 is 2. The van der Waals surface area contributed by atoms with Crippen LogP contribution < -0.4 is 14.8 Å². The largest absolute Gasteiger partial charge is 0.493 e. The highest BCUT2D eigenvalue weighted by Crippen LogP contribution is 2.31. The summed E-state index contributed by atoms with van der Waals surface area (Å²) < 4.78 is 10.4. The molecule has 0 saturated carbocycles. The number of carbonyl (C=O) groups excluding carboxylic acids is 1. The summed E-state index contributed by atoms with van der Waals surface area (Å²) in [5, 5.41) is 11.5. The molecule has 0 radical (unpaired) electrons. The van der Waals surface area contributed by atoms with Crippen molar-refractivity contribution in [2.45, 2.75) is 0 Å². The fourth-order valence-electron chi connectivity index (χ4n) is 1.89. The van der Waals surface area contributed by atoms with Crippen molar-refractivity contribution < 1.29 is 14.3 Å². The van der Waals surface area contributed by atoms with Crippen molar-refractivity contribution in [2.24, 2.45) is 0 Å². The van der Waals surface area contributed by atoms with Crippen molar-refractivity contribution in [3.05, 3.63) is 53.6 Å². The van der Waals surface area contributed by atoms with Crippen molar-refractivity contribution in [3.63, 3.8) is 0 Å². The van der Waals surface area contributed by atoms with Crippen LogP contribution in [0.1, 0.15) is 15.9 Å². The molecule has 0 aliphatic heterocycles. The second-order valence-electron chi connectivity index (χ2n) is 4.18. The van der Waals surface area contributed by atoms with Crippen LogP contribution in [-0.4, -0.2) is 20.1 Å². The first-order valence-corrected chi connectivity index (χ1v) is 6.22. The Bertz CT molecular complexity index is 688. The van der Waals surface area contributed by atoms with Gasteiger partial charge in [0.15, 0.2) is 11.5 Å². The van der Waals surface area contributed by atoms with E-state index in [9.17, 15) is 4.79 Å². The molecule has 21 heavy (non-hydrogen) atoms. The molecule has 5 nitrogen and oxygen atoms in total. The van der Waals surface area contributed by atoms with E-state index in [1.807, 2.05) is 6.07 Å². The quantitative estimate of drug-likeness (QED) is 0.936. The zero-order valence-corrected chi connectivity index (χ0v) is 11.7. The van der Waals surface area contributed by atoms with Gasteiger partial charge in [0.2, 0.25) is 0 Å². The van der Waals surface area contributed by atoms with Gasteiger partial charge < -0.3 is 14.8 Å². The van der Waals surface area contributed by atoms with Crippen LogP contribution in [0.4, 0.5) is 5.69 Å². The van der Waals surface area contributed by atoms with Gasteiger partial charge in [-0.1, -0.05) is 6.07 Å². The van der Waals surface area contributed by atoms with Gasteiger partial charge in [-0.25, -0.2) is 0 Å². The third kappa shape index (κ3) is 3.12. The summed E-state index contributed by atoms with van der Waals surface area (Å²) in [6.07, 6.45) is 0. The number of nitrogens with one attached hydrogen (secondary N) is 1. The number of ether oxygens (including phenoxy) is 2. The molecule has 0 aromatic heterocycles. The number of nitriles is 1. The van der Waals surface area contributed by atoms with E-state index in [1.54, 1.807) is 42.5 Å². The number of hydrogen-bond donors (Lipinski definition) is 1. The normalized spacial score (nSPS) is 9.57. The minimum Gasteiger partial charge on any atom is -0.493 e. The molecule has 0 bridgehead atoms. The van der Waals surface area contributed by atoms with Crippen LogP contribution in [-0.2, 0) is 0 Å². The predicted octanol–water partition coefficient (Wildman–Crippen LogP) is 2.83. The molecule has 0 heterocycles. The third-order valence-electron chi connectivity index (χ3n) is 2.92. The molecule has 0 fully saturated rings. The summed E-state index contributed by atoms with van der Waals surface area (Å²) in [6.45, 7) is 0. The Morgan fingerprint density at radius 3 is 2.38 bits per heavy atom. The maximum Gasteiger partial charge on any atom is 0.259 e. The maximum atomic E-state index is 12.3. The summed E-state index contributed by atoms with van der Waals surface area (Å²) in [4.78, 5) is 12.3. The van der Waals surface area contributed by atoms with Crippen molar-refractivity contribution in [3.8, 4) is 17.6 Å². The van der Waals surface area contributed by atoms with E-state index in [2.05, 4.69) is 5.32 Å². The van der Waals surface area contributed by atoms with E-state index in [-0.39, 0.29) is 5.91 Å². The number of amides is 1. The van der Waals surface area contributed by atoms with Gasteiger partial charge in [0.05, 0.1) is 31.4 Å². The Morgan fingerprint density at radius 2 is 1.81 bits per heavy atom. The molecule has 2 aromatic rings. The smallest absolute Gasteiger partial charge is 0.259 e. The first-order valence-electron chi connectivity index (χ1n) is 6.22. The van der Waals surface area contributed by atoms with Crippen LogP contribution in [0.15, 0.2) is 42.5 Å². The SMILES string of the molecule is COc1cccc(C(=O)Nc2ccc(C#N)cc2)c1OC. The molecule has 0 spiro atoms. The number of rotatable bonds is 4. The third-order valence-corrected chi connectivity index (χ3v) is 2.92. The standard InChI is InChI=1S/C16H14N2O3/c1-20-14-5-3-4-13(15(14)21-2)16(19)18-12-8-6-11(10-17)7-9-12/h3-9H,1-2H3,(H,18,19). The first-order chi connectivity index (χ1) is 10.2. The van der Waals surface area contributed by atoms with Crippen molar-refractivity contribution in [2.75, 3.05) is 19.5 Å². The minimum atomic E-state index is -0.310. The van der Waals surface area contributed by atoms with Crippen LogP contribution in [0, 0.1) is 11.3 Å². The van der Waals surface area contributed by atoms with E-state index in [0.29, 0.717) is 28.3 Å². The van der Waals surface area contributed by atoms with E-state index in [0.717, 1.165) is 0 Å². The summed E-state index contributed by atoms with van der Waals surface area (Å²) in [7, 11) is 3.00. The summed E-state index contributed by atoms with van der Waals surface area (Å²) in [5.74, 6) is 0.562. The van der Waals surface area contributed by atoms with E-state index in [4.69, 9.17) is 14.7 Å². The molecule has 1 N–H and O–H groups in total. The highest BCUT2D eigenvalue weighted by Gasteiger charge is 2.16. The number of hydrogen-bond acceptors (Lipinski definition) is 4. The van der Waals surface area contributed by atoms with Crippen LogP contribution in [0.3, 0.4) is 0 Å². The van der Waals surface area contributed by atoms with Gasteiger partial charge in [0.25, 0.3) is 5.91 Å². The van der Waals surface area contributed by atoms with Gasteiger partial charge >= 0.3 is 0 Å². The number of anilines is 1. The lowest BCUT2D eigenvalue weighted by Gasteiger charge is -2.12. The van der Waals surface area contributed by atoms with Gasteiger partial charge in [-0.05, 0) is 36.4 Å². The number of para-hydroxylation sites is 1. The Hall–Kier alpha value is -3.00. The number of carbonyl (C=O) groups is 1. The van der Waals surface area contributed by atoms with Crippen molar-refractivity contribution in [1.29, 1.82) is 5.26 Å². The topological polar surface area (TPSA) is 71.3 Å². The fraction of sp³-hybridized carbons (Fsp3) is 0.125. The van der Waals surface area contributed by atoms with E-state index >= 15 is 0 Å². The molecule has 5 heteroatoms. The fourth-order valence-corrected chi connectivity index (χ4v) is 1.89. The molecule has 0 atom stereocenters. The van der Waals surface area contributed by atoms with Gasteiger partial charge in [-0.2, -0.15) is 5.26 Å². The summed E-state index contributed by atoms with van der Waals surface area (Å²) in [6, 6.07) is 13.7. The average Bonchev–Trinajstić information content (AvgIpc) is 2.54. The molecule has 0 aliphatic rings. The van der Waals surface area contributed by atoms with Gasteiger partial charge in [-0.3, -0.25) is 4.79 Å². The Morgan fingerprint density at radius 1 is 1.10 bits per heavy atom. The van der Waals surface area contributed by atoms with Crippen LogP contribution in [0.5, 0.6) is 11.5 Å². The Balaban J connectivity index is 2.26. The molecular weight excluding hydrogens is 268 g/mol. The molecule has 0 unspecified atom stereocenters. The molecular formula is C16H14N2O3. The number of nitrogens with zero attached hydrogens (tertiary/aromatic N) is 1. The van der Waals surface area contributed by atoms with E-state index in [1.165, 1.54) is 14.2 Å². The van der Waals surface area contributed by atoms with Crippen molar-refractivity contribution in [1.82, 2.24) is 0 Å². The van der Waals surface area contributed by atoms with Crippen molar-refractivity contribution >= 4 is 11.6 Å². The molecule has 106 valence electrons. The lowest BCUT2D eigenvalue weighted by atomic mass is 10.1. The monoisotopic (exact) mass is 282 g/mol. The highest BCUT2D eigenvalue weighted by molar-refractivity contribution is 6.06. The molecule has 2 rings (SSSR count).